The largest absolute Gasteiger partial charge is 0.479 e. The van der Waals surface area contributed by atoms with Crippen LogP contribution in [0.3, 0.4) is 0 Å². The molecule has 0 radical (unpaired) electrons. The van der Waals surface area contributed by atoms with Crippen molar-refractivity contribution in [3.63, 3.8) is 0 Å². The van der Waals surface area contributed by atoms with Gasteiger partial charge in [0.15, 0.2) is 6.10 Å². The fourth-order valence-corrected chi connectivity index (χ4v) is 2.20. The van der Waals surface area contributed by atoms with Crippen LogP contribution < -0.4 is 5.32 Å². The molecule has 7 heteroatoms. The maximum absolute atomic E-state index is 12.1. The van der Waals surface area contributed by atoms with Gasteiger partial charge in [-0.25, -0.2) is 4.79 Å². The van der Waals surface area contributed by atoms with E-state index < -0.39 is 18.2 Å². The maximum Gasteiger partial charge on any atom is 0.332 e. The van der Waals surface area contributed by atoms with Gasteiger partial charge in [0, 0.05) is 13.1 Å². The number of carboxylic acids is 1. The molecule has 2 unspecified atom stereocenters. The molecule has 2 saturated heterocycles. The van der Waals surface area contributed by atoms with Crippen LogP contribution >= 0.6 is 0 Å². The molecule has 2 N–H and O–H groups in total. The van der Waals surface area contributed by atoms with Crippen molar-refractivity contribution in [3.05, 3.63) is 0 Å². The van der Waals surface area contributed by atoms with Gasteiger partial charge < -0.3 is 20.1 Å². The molecule has 2 atom stereocenters. The Morgan fingerprint density at radius 1 is 1.33 bits per heavy atom. The second-order valence-corrected chi connectivity index (χ2v) is 4.49. The minimum atomic E-state index is -1.04. The first-order chi connectivity index (χ1) is 8.58. The predicted octanol–water partition coefficient (Wildman–Crippen LogP) is -1.03. The minimum absolute atomic E-state index is 0.0242. The van der Waals surface area contributed by atoms with Gasteiger partial charge in [-0.15, -0.1) is 0 Å². The highest BCUT2D eigenvalue weighted by Crippen LogP contribution is 2.21. The number of rotatable bonds is 2. The molecular formula is C11H16N2O5. The number of aliphatic carboxylic acids is 1. The summed E-state index contributed by atoms with van der Waals surface area (Å²) in [5, 5.41) is 11.5. The first kappa shape index (κ1) is 12.8. The molecule has 2 aliphatic rings. The Hall–Kier alpha value is -1.63. The number of carbonyl (C=O) groups excluding carboxylic acids is 2. The number of nitrogens with one attached hydrogen (secondary N) is 1. The van der Waals surface area contributed by atoms with Gasteiger partial charge in [0.25, 0.3) is 5.91 Å². The lowest BCUT2D eigenvalue weighted by Crippen LogP contribution is -2.43. The third-order valence-corrected chi connectivity index (χ3v) is 3.14. The van der Waals surface area contributed by atoms with Crippen molar-refractivity contribution in [2.45, 2.75) is 31.5 Å². The molecule has 2 fully saturated rings. The molecule has 2 aliphatic heterocycles. The normalized spacial score (nSPS) is 28.7. The molecular weight excluding hydrogens is 240 g/mol. The zero-order chi connectivity index (χ0) is 13.1. The highest BCUT2D eigenvalue weighted by atomic mass is 16.5. The van der Waals surface area contributed by atoms with Crippen LogP contribution in [0.1, 0.15) is 19.3 Å². The Balaban J connectivity index is 1.94. The highest BCUT2D eigenvalue weighted by Gasteiger charge is 2.37. The molecule has 2 heterocycles. The second kappa shape index (κ2) is 5.34. The number of ether oxygens (including phenoxy) is 1. The molecule has 2 amide bonds. The molecule has 18 heavy (non-hydrogen) atoms. The Bertz CT molecular complexity index is 370. The third kappa shape index (κ3) is 2.79. The van der Waals surface area contributed by atoms with Gasteiger partial charge in [0.2, 0.25) is 5.91 Å². The fraction of sp³-hybridized carbons (Fsp3) is 0.727. The van der Waals surface area contributed by atoms with Crippen molar-refractivity contribution in [2.24, 2.45) is 0 Å². The van der Waals surface area contributed by atoms with Crippen molar-refractivity contribution in [3.8, 4) is 0 Å². The summed E-state index contributed by atoms with van der Waals surface area (Å²) in [6.45, 7) is 1.08. The van der Waals surface area contributed by atoms with Crippen molar-refractivity contribution >= 4 is 17.8 Å². The number of hydrogen-bond acceptors (Lipinski definition) is 4. The molecule has 0 spiro atoms. The van der Waals surface area contributed by atoms with E-state index >= 15 is 0 Å². The Morgan fingerprint density at radius 2 is 2.06 bits per heavy atom. The van der Waals surface area contributed by atoms with Crippen molar-refractivity contribution in [2.75, 3.05) is 19.6 Å². The summed E-state index contributed by atoms with van der Waals surface area (Å²) in [4.78, 5) is 35.6. The standard InChI is InChI=1S/C11H16N2O5/c14-9-6-13(5-1-4-12-9)10(15)7-2-3-8(18-7)11(16)17/h7-8H,1-6H2,(H,12,14)(H,16,17). The zero-order valence-electron chi connectivity index (χ0n) is 9.92. The average Bonchev–Trinajstić information content (AvgIpc) is 2.72. The molecule has 0 saturated carbocycles. The Labute approximate surface area is 104 Å². The quantitative estimate of drug-likeness (QED) is 0.658. The van der Waals surface area contributed by atoms with E-state index in [1.807, 2.05) is 0 Å². The van der Waals surface area contributed by atoms with E-state index in [1.54, 1.807) is 0 Å². The van der Waals surface area contributed by atoms with Gasteiger partial charge in [-0.2, -0.15) is 0 Å². The molecule has 100 valence electrons. The van der Waals surface area contributed by atoms with Crippen LogP contribution in [-0.4, -0.2) is 59.6 Å². The monoisotopic (exact) mass is 256 g/mol. The van der Waals surface area contributed by atoms with E-state index in [-0.39, 0.29) is 18.4 Å². The predicted molar refractivity (Wildman–Crippen MR) is 59.7 cm³/mol. The van der Waals surface area contributed by atoms with Gasteiger partial charge in [-0.3, -0.25) is 9.59 Å². The first-order valence-electron chi connectivity index (χ1n) is 6.01. The summed E-state index contributed by atoms with van der Waals surface area (Å²) in [5.41, 5.74) is 0. The summed E-state index contributed by atoms with van der Waals surface area (Å²) in [5.74, 6) is -1.51. The summed E-state index contributed by atoms with van der Waals surface area (Å²) in [6.07, 6.45) is -0.191. The summed E-state index contributed by atoms with van der Waals surface area (Å²) in [7, 11) is 0. The topological polar surface area (TPSA) is 95.9 Å². The van der Waals surface area contributed by atoms with E-state index in [9.17, 15) is 14.4 Å². The summed E-state index contributed by atoms with van der Waals surface area (Å²) >= 11 is 0. The van der Waals surface area contributed by atoms with Crippen molar-refractivity contribution in [1.29, 1.82) is 0 Å². The van der Waals surface area contributed by atoms with Gasteiger partial charge >= 0.3 is 5.97 Å². The smallest absolute Gasteiger partial charge is 0.332 e. The maximum atomic E-state index is 12.1. The van der Waals surface area contributed by atoms with E-state index in [4.69, 9.17) is 9.84 Å². The second-order valence-electron chi connectivity index (χ2n) is 4.49. The number of carboxylic acid groups (broad SMARTS) is 1. The fourth-order valence-electron chi connectivity index (χ4n) is 2.20. The van der Waals surface area contributed by atoms with Crippen LogP contribution in [0.25, 0.3) is 0 Å². The van der Waals surface area contributed by atoms with Crippen LogP contribution in [-0.2, 0) is 19.1 Å². The molecule has 0 aromatic carbocycles. The van der Waals surface area contributed by atoms with Gasteiger partial charge in [-0.1, -0.05) is 0 Å². The van der Waals surface area contributed by atoms with E-state index in [1.165, 1.54) is 4.90 Å². The lowest BCUT2D eigenvalue weighted by molar-refractivity contribution is -0.155. The van der Waals surface area contributed by atoms with Crippen LogP contribution in [0.15, 0.2) is 0 Å². The van der Waals surface area contributed by atoms with Crippen LogP contribution in [0.5, 0.6) is 0 Å². The van der Waals surface area contributed by atoms with Gasteiger partial charge in [0.05, 0.1) is 6.54 Å². The lowest BCUT2D eigenvalue weighted by Gasteiger charge is -2.22. The number of carbonyl (C=O) groups is 3. The number of hydrogen-bond donors (Lipinski definition) is 2. The van der Waals surface area contributed by atoms with Crippen LogP contribution in [0.4, 0.5) is 0 Å². The summed E-state index contributed by atoms with van der Waals surface area (Å²) in [6, 6.07) is 0. The molecule has 2 rings (SSSR count). The molecule has 0 aromatic heterocycles. The first-order valence-corrected chi connectivity index (χ1v) is 6.01. The third-order valence-electron chi connectivity index (χ3n) is 3.14. The number of nitrogens with zero attached hydrogens (tertiary/aromatic N) is 1. The molecule has 0 aliphatic carbocycles. The molecule has 0 aromatic rings. The highest BCUT2D eigenvalue weighted by molar-refractivity contribution is 5.88. The number of amides is 2. The van der Waals surface area contributed by atoms with Crippen LogP contribution in [0, 0.1) is 0 Å². The zero-order valence-corrected chi connectivity index (χ0v) is 9.92. The average molecular weight is 256 g/mol. The Kier molecular flexibility index (Phi) is 3.81. The molecule has 0 bridgehead atoms. The Morgan fingerprint density at radius 3 is 2.72 bits per heavy atom. The lowest BCUT2D eigenvalue weighted by atomic mass is 10.2. The van der Waals surface area contributed by atoms with E-state index in [0.717, 1.165) is 0 Å². The van der Waals surface area contributed by atoms with Gasteiger partial charge in [0.1, 0.15) is 6.10 Å². The molecule has 7 nitrogen and oxygen atoms in total. The van der Waals surface area contributed by atoms with E-state index in [2.05, 4.69) is 5.32 Å². The van der Waals surface area contributed by atoms with Gasteiger partial charge in [-0.05, 0) is 19.3 Å². The van der Waals surface area contributed by atoms with Crippen molar-refractivity contribution in [1.82, 2.24) is 10.2 Å². The van der Waals surface area contributed by atoms with E-state index in [0.29, 0.717) is 32.4 Å². The summed E-state index contributed by atoms with van der Waals surface area (Å²) < 4.78 is 5.19. The SMILES string of the molecule is O=C1CN(C(=O)C2CCC(C(=O)O)O2)CCCN1. The van der Waals surface area contributed by atoms with Crippen LogP contribution in [0.2, 0.25) is 0 Å². The minimum Gasteiger partial charge on any atom is -0.479 e. The van der Waals surface area contributed by atoms with Crippen molar-refractivity contribution < 1.29 is 24.2 Å².